The second kappa shape index (κ2) is 48.2. The molecule has 112 heavy (non-hydrogen) atoms. The van der Waals surface area contributed by atoms with Gasteiger partial charge in [0.05, 0.1) is 45.3 Å². The number of carboxylic acids is 1. The van der Waals surface area contributed by atoms with Crippen LogP contribution in [0.15, 0.2) is 25.0 Å². The summed E-state index contributed by atoms with van der Waals surface area (Å²) in [6, 6.07) is -23.3. The number of aliphatic hydroxyl groups is 2. The SMILES string of the molecule is CC(C)C[C@H](NC(=O)[C@H](Cc1cnc[nH]1)NC(=O)[C@H](CS)NC(=O)[C@@H](NC(=O)[C@@H]1CCCN1C(=O)[C@H](CC(N)=O)NC(=O)[C@H](CO)NC(=O)[C@H](CS)NC(=O)[C@H](CS)NC(=O)CN)C(C)C)C(=O)N[C@@H](C)C(=O)N[C@@H](Cc1cnc[nH]1)C(=O)N[C@@H](CO)C(=O)N[C@@H](CC(N)=O)C(=O)N[C@@H](CC(C)C)C(=O)N[C@@H](CS)C(=O)O. The van der Waals surface area contributed by atoms with Gasteiger partial charge in [0.2, 0.25) is 100 Å². The van der Waals surface area contributed by atoms with E-state index >= 15 is 0 Å². The smallest absolute Gasteiger partial charge is 0.327 e. The number of aliphatic hydroxyl groups excluding tert-OH is 2. The lowest BCUT2D eigenvalue weighted by atomic mass is 10.0. The molecule has 624 valence electrons. The number of primary amides is 2. The van der Waals surface area contributed by atoms with Crippen LogP contribution in [-0.2, 0) is 99.1 Å². The molecule has 1 aliphatic rings. The molecule has 0 bridgehead atoms. The van der Waals surface area contributed by atoms with Crippen LogP contribution in [-0.4, -0.2) is 286 Å². The predicted molar refractivity (Wildman–Crippen MR) is 410 cm³/mol. The fourth-order valence-electron chi connectivity index (χ4n) is 11.0. The summed E-state index contributed by atoms with van der Waals surface area (Å²) in [5.41, 5.74) is 16.8. The van der Waals surface area contributed by atoms with E-state index in [4.69, 9.17) is 17.2 Å². The van der Waals surface area contributed by atoms with Gasteiger partial charge in [-0.25, -0.2) is 14.8 Å². The number of aromatic nitrogens is 4. The third-order valence-corrected chi connectivity index (χ3v) is 18.3. The van der Waals surface area contributed by atoms with Crippen molar-refractivity contribution < 1.29 is 102 Å². The normalized spacial score (nSPS) is 16.3. The quantitative estimate of drug-likeness (QED) is 0.0274. The van der Waals surface area contributed by atoms with Crippen molar-refractivity contribution in [3.05, 3.63) is 36.4 Å². The molecule has 47 heteroatoms. The standard InChI is InChI=1S/C65H104N22O21S4/c1-28(2)11-34(52(94)73-31(7)51(93)75-36(13-32-18-69-26-71-32)55(97)81-40(20-88)57(99)79-38(15-47(67)90)56(98)77-35(12-29(3)4)53(95)85-45(25-112)65(107)108)76-54(96)37(14-33-19-70-27-72-33)78-60(102)44(24-111)84-63(105)50(30(5)6)86-62(104)46-9-8-10-87(46)64(106)39(16-48(68)91)80-58(100)41(21-89)82-61(103)43(23-110)83-59(101)42(22-109)74-49(92)17-66/h18-19,26-31,34-46,50,88-89,109-112H,8-17,20-25,66H2,1-7H3,(H2,67,90)(H2,68,91)(H,69,71)(H,70,72)(H,73,94)(H,74,92)(H,75,93)(H,76,96)(H,77,98)(H,78,102)(H,79,99)(H,80,100)(H,81,97)(H,82,103)(H,83,101)(H,84,105)(H,85,95)(H,86,104)(H,107,108)/t31-,34-,35-,36-,37-,38-,39-,40-,41-,42-,43-,44-,45-,46-,50-/m0/s1. The molecular weight excluding hydrogens is 1550 g/mol. The van der Waals surface area contributed by atoms with Crippen LogP contribution in [0.2, 0.25) is 0 Å². The zero-order valence-corrected chi connectivity index (χ0v) is 66.1. The zero-order chi connectivity index (χ0) is 84.4. The summed E-state index contributed by atoms with van der Waals surface area (Å²) in [6.07, 6.45) is 2.91. The summed E-state index contributed by atoms with van der Waals surface area (Å²) in [4.78, 5) is 257. The van der Waals surface area contributed by atoms with Gasteiger partial charge in [0, 0.05) is 66.2 Å². The van der Waals surface area contributed by atoms with Crippen LogP contribution >= 0.6 is 50.5 Å². The van der Waals surface area contributed by atoms with Crippen LogP contribution in [0.3, 0.4) is 0 Å². The first-order chi connectivity index (χ1) is 52.8. The van der Waals surface area contributed by atoms with E-state index in [2.05, 4.69) is 145 Å². The van der Waals surface area contributed by atoms with Crippen molar-refractivity contribution in [2.75, 3.05) is 49.3 Å². The highest BCUT2D eigenvalue weighted by Crippen LogP contribution is 2.21. The second-order valence-electron chi connectivity index (χ2n) is 27.2. The molecule has 2 aromatic heterocycles. The lowest BCUT2D eigenvalue weighted by Gasteiger charge is -2.31. The summed E-state index contributed by atoms with van der Waals surface area (Å²) < 4.78 is 0. The fraction of sp³-hybridized carbons (Fsp3) is 0.631. The van der Waals surface area contributed by atoms with E-state index in [-0.39, 0.29) is 79.9 Å². The number of carbonyl (C=O) groups is 18. The van der Waals surface area contributed by atoms with Crippen LogP contribution in [0.1, 0.15) is 98.4 Å². The van der Waals surface area contributed by atoms with Gasteiger partial charge in [-0.15, -0.1) is 0 Å². The maximum absolute atomic E-state index is 14.5. The maximum Gasteiger partial charge on any atom is 0.327 e. The minimum Gasteiger partial charge on any atom is -0.480 e. The number of carboxylic acid groups (broad SMARTS) is 1. The van der Waals surface area contributed by atoms with Gasteiger partial charge in [-0.05, 0) is 50.4 Å². The number of nitrogens with one attached hydrogen (secondary N) is 16. The number of thiol groups is 4. The molecule has 0 aliphatic carbocycles. The van der Waals surface area contributed by atoms with Crippen molar-refractivity contribution in [2.45, 2.75) is 190 Å². The number of rotatable bonds is 49. The highest BCUT2D eigenvalue weighted by Gasteiger charge is 2.43. The van der Waals surface area contributed by atoms with Crippen molar-refractivity contribution in [2.24, 2.45) is 35.0 Å². The summed E-state index contributed by atoms with van der Waals surface area (Å²) in [5.74, 6) is -21.2. The maximum atomic E-state index is 14.5. The molecule has 1 aliphatic heterocycles. The Kier molecular flexibility index (Phi) is 41.4. The number of likely N-dealkylation sites (tertiary alicyclic amines) is 1. The molecule has 3 heterocycles. The van der Waals surface area contributed by atoms with E-state index in [1.807, 2.05) is 0 Å². The average Bonchev–Trinajstić information content (AvgIpc) is 1.63. The van der Waals surface area contributed by atoms with Crippen molar-refractivity contribution in [1.29, 1.82) is 0 Å². The molecule has 0 aromatic carbocycles. The Morgan fingerprint density at radius 3 is 1.21 bits per heavy atom. The number of aromatic amines is 2. The molecule has 3 rings (SSSR count). The number of amides is 17. The molecule has 0 radical (unpaired) electrons. The van der Waals surface area contributed by atoms with Crippen molar-refractivity contribution in [3.8, 4) is 0 Å². The summed E-state index contributed by atoms with van der Waals surface area (Å²) in [7, 11) is 0. The zero-order valence-electron chi connectivity index (χ0n) is 62.6. The van der Waals surface area contributed by atoms with Crippen LogP contribution in [0.25, 0.3) is 0 Å². The first-order valence-corrected chi connectivity index (χ1v) is 37.9. The van der Waals surface area contributed by atoms with Crippen LogP contribution < -0.4 is 91.6 Å². The van der Waals surface area contributed by atoms with E-state index in [1.54, 1.807) is 41.5 Å². The number of nitrogens with zero attached hydrogens (tertiary/aromatic N) is 3. The first-order valence-electron chi connectivity index (χ1n) is 35.4. The molecule has 1 saturated heterocycles. The largest absolute Gasteiger partial charge is 0.480 e. The lowest BCUT2D eigenvalue weighted by molar-refractivity contribution is -0.143. The average molecular weight is 1660 g/mol. The van der Waals surface area contributed by atoms with Gasteiger partial charge in [0.25, 0.3) is 0 Å². The number of hydrogen-bond acceptors (Lipinski definition) is 27. The highest BCUT2D eigenvalue weighted by molar-refractivity contribution is 7.80. The predicted octanol–water partition coefficient (Wildman–Crippen LogP) is -10.0. The van der Waals surface area contributed by atoms with Gasteiger partial charge < -0.3 is 122 Å². The van der Waals surface area contributed by atoms with Crippen LogP contribution in [0.4, 0.5) is 0 Å². The van der Waals surface area contributed by atoms with Gasteiger partial charge in [0.15, 0.2) is 0 Å². The molecule has 25 N–H and O–H groups in total. The molecule has 17 amide bonds. The molecule has 15 atom stereocenters. The van der Waals surface area contributed by atoms with E-state index in [0.29, 0.717) is 5.69 Å². The second-order valence-corrected chi connectivity index (χ2v) is 28.7. The van der Waals surface area contributed by atoms with Gasteiger partial charge in [-0.3, -0.25) is 81.5 Å². The monoisotopic (exact) mass is 1660 g/mol. The Bertz CT molecular complexity index is 3600. The summed E-state index contributed by atoms with van der Waals surface area (Å²) in [6.45, 7) is 8.35. The Balaban J connectivity index is 1.80. The third kappa shape index (κ3) is 31.7. The van der Waals surface area contributed by atoms with Gasteiger partial charge in [-0.1, -0.05) is 41.5 Å². The molecule has 0 spiro atoms. The van der Waals surface area contributed by atoms with Crippen molar-refractivity contribution in [3.63, 3.8) is 0 Å². The minimum atomic E-state index is -1.90. The Morgan fingerprint density at radius 1 is 0.455 bits per heavy atom. The summed E-state index contributed by atoms with van der Waals surface area (Å²) in [5, 5.41) is 63.6. The molecule has 1 fully saturated rings. The van der Waals surface area contributed by atoms with E-state index in [9.17, 15) is 102 Å². The lowest BCUT2D eigenvalue weighted by Crippen LogP contribution is -2.62. The minimum absolute atomic E-state index is 0.00297. The Hall–Kier alpha value is -9.84. The topological polar surface area (TPSA) is 675 Å². The van der Waals surface area contributed by atoms with Gasteiger partial charge in [0.1, 0.15) is 90.6 Å². The van der Waals surface area contributed by atoms with E-state index in [0.717, 1.165) is 4.90 Å². The number of imidazole rings is 2. The van der Waals surface area contributed by atoms with E-state index in [1.165, 1.54) is 32.0 Å². The van der Waals surface area contributed by atoms with Crippen LogP contribution in [0, 0.1) is 17.8 Å². The number of H-pyrrole nitrogens is 2. The number of aliphatic carboxylic acids is 1. The summed E-state index contributed by atoms with van der Waals surface area (Å²) >= 11 is 16.3. The molecule has 0 saturated carbocycles. The number of carbonyl (C=O) groups excluding carboxylic acids is 17. The number of hydrogen-bond donors (Lipinski definition) is 26. The van der Waals surface area contributed by atoms with Gasteiger partial charge in [-0.2, -0.15) is 50.5 Å². The highest BCUT2D eigenvalue weighted by atomic mass is 32.1. The molecule has 0 unspecified atom stereocenters. The van der Waals surface area contributed by atoms with Gasteiger partial charge >= 0.3 is 5.97 Å². The molecular formula is C65H104N22O21S4. The fourth-order valence-corrected chi connectivity index (χ4v) is 12.0. The molecule has 43 nitrogen and oxygen atoms in total. The Labute approximate surface area is 665 Å². The molecule has 2 aromatic rings. The van der Waals surface area contributed by atoms with Crippen molar-refractivity contribution >= 4 is 157 Å². The van der Waals surface area contributed by atoms with E-state index < -0.39 is 241 Å². The first kappa shape index (κ1) is 96.4. The third-order valence-electron chi connectivity index (χ3n) is 16.9. The van der Waals surface area contributed by atoms with Crippen molar-refractivity contribution in [1.82, 2.24) is 99.3 Å². The Morgan fingerprint density at radius 2 is 0.804 bits per heavy atom. The number of nitrogens with two attached hydrogens (primary N) is 3. The van der Waals surface area contributed by atoms with Crippen LogP contribution in [0.5, 0.6) is 0 Å².